The molecule has 19 heavy (non-hydrogen) atoms. The molecule has 1 amide bonds. The minimum Gasteiger partial charge on any atom is -0.325 e. The highest BCUT2D eigenvalue weighted by Gasteiger charge is 2.50. The van der Waals surface area contributed by atoms with Crippen LogP contribution in [0.5, 0.6) is 0 Å². The number of halogens is 3. The standard InChI is InChI=1S/C10H9F3N2O3S/c11-10(12,13)19(17,18)15-5-7-3-1-2-4-8(7)14-9(16)6-15/h1-4H,5-6H2,(H,14,16). The summed E-state index contributed by atoms with van der Waals surface area (Å²) in [7, 11) is -5.53. The van der Waals surface area contributed by atoms with E-state index >= 15 is 0 Å². The van der Waals surface area contributed by atoms with Crippen LogP contribution in [0.15, 0.2) is 24.3 Å². The Labute approximate surface area is 107 Å². The number of rotatable bonds is 1. The second-order valence-electron chi connectivity index (χ2n) is 3.92. The number of benzene rings is 1. The SMILES string of the molecule is O=C1CN(S(=O)(=O)C(F)(F)F)Cc2ccccc2N1. The van der Waals surface area contributed by atoms with E-state index in [-0.39, 0.29) is 4.31 Å². The fourth-order valence-electron chi connectivity index (χ4n) is 1.69. The highest BCUT2D eigenvalue weighted by atomic mass is 32.2. The Kier molecular flexibility index (Phi) is 3.27. The molecule has 1 heterocycles. The largest absolute Gasteiger partial charge is 0.511 e. The monoisotopic (exact) mass is 294 g/mol. The van der Waals surface area contributed by atoms with Crippen LogP contribution in [0, 0.1) is 0 Å². The average molecular weight is 294 g/mol. The van der Waals surface area contributed by atoms with Gasteiger partial charge in [-0.2, -0.15) is 17.5 Å². The van der Waals surface area contributed by atoms with Crippen molar-refractivity contribution in [1.29, 1.82) is 0 Å². The normalized spacial score (nSPS) is 17.5. The summed E-state index contributed by atoms with van der Waals surface area (Å²) >= 11 is 0. The van der Waals surface area contributed by atoms with E-state index in [1.165, 1.54) is 12.1 Å². The molecule has 0 saturated carbocycles. The lowest BCUT2D eigenvalue weighted by Crippen LogP contribution is -2.42. The molecule has 5 nitrogen and oxygen atoms in total. The number of hydrogen-bond donors (Lipinski definition) is 1. The van der Waals surface area contributed by atoms with Crippen LogP contribution in [0.2, 0.25) is 0 Å². The van der Waals surface area contributed by atoms with Crippen LogP contribution < -0.4 is 5.32 Å². The first kappa shape index (κ1) is 13.8. The molecule has 1 N–H and O–H groups in total. The average Bonchev–Trinajstić information content (AvgIpc) is 2.45. The Balaban J connectivity index is 2.43. The van der Waals surface area contributed by atoms with Crippen LogP contribution >= 0.6 is 0 Å². The number of para-hydroxylation sites is 1. The third-order valence-corrected chi connectivity index (χ3v) is 4.11. The highest BCUT2D eigenvalue weighted by Crippen LogP contribution is 2.30. The number of anilines is 1. The number of fused-ring (bicyclic) bond motifs is 1. The summed E-state index contributed by atoms with van der Waals surface area (Å²) in [6.45, 7) is -1.37. The van der Waals surface area contributed by atoms with Gasteiger partial charge in [0.05, 0.1) is 6.54 Å². The van der Waals surface area contributed by atoms with Gasteiger partial charge in [0.25, 0.3) is 0 Å². The molecule has 0 radical (unpaired) electrons. The van der Waals surface area contributed by atoms with E-state index in [9.17, 15) is 26.4 Å². The van der Waals surface area contributed by atoms with Gasteiger partial charge in [-0.25, -0.2) is 8.42 Å². The van der Waals surface area contributed by atoms with Crippen molar-refractivity contribution in [2.24, 2.45) is 0 Å². The second kappa shape index (κ2) is 4.49. The third kappa shape index (κ3) is 2.56. The first-order chi connectivity index (χ1) is 8.72. The van der Waals surface area contributed by atoms with Crippen molar-refractivity contribution in [3.05, 3.63) is 29.8 Å². The number of nitrogens with zero attached hydrogens (tertiary/aromatic N) is 1. The van der Waals surface area contributed by atoms with Gasteiger partial charge in [0.1, 0.15) is 0 Å². The summed E-state index contributed by atoms with van der Waals surface area (Å²) in [5, 5.41) is 2.36. The molecule has 0 aromatic heterocycles. The van der Waals surface area contributed by atoms with Crippen LogP contribution in [0.4, 0.5) is 18.9 Å². The lowest BCUT2D eigenvalue weighted by Gasteiger charge is -2.20. The van der Waals surface area contributed by atoms with Gasteiger partial charge in [0.2, 0.25) is 5.91 Å². The first-order valence-corrected chi connectivity index (χ1v) is 6.60. The van der Waals surface area contributed by atoms with Crippen molar-refractivity contribution in [3.63, 3.8) is 0 Å². The maximum atomic E-state index is 12.5. The second-order valence-corrected chi connectivity index (χ2v) is 5.85. The number of alkyl halides is 3. The molecule has 0 saturated heterocycles. The molecule has 2 rings (SSSR count). The molecule has 1 aliphatic heterocycles. The van der Waals surface area contributed by atoms with E-state index in [4.69, 9.17) is 0 Å². The number of nitrogens with one attached hydrogen (secondary N) is 1. The van der Waals surface area contributed by atoms with Gasteiger partial charge in [0, 0.05) is 12.2 Å². The van der Waals surface area contributed by atoms with Crippen molar-refractivity contribution in [1.82, 2.24) is 4.31 Å². The van der Waals surface area contributed by atoms with E-state index < -0.39 is 34.5 Å². The first-order valence-electron chi connectivity index (χ1n) is 5.16. The Bertz CT molecular complexity index is 613. The number of carbonyl (C=O) groups is 1. The van der Waals surface area contributed by atoms with Crippen LogP contribution in [-0.4, -0.2) is 30.7 Å². The van der Waals surface area contributed by atoms with Crippen LogP contribution in [0.3, 0.4) is 0 Å². The zero-order valence-corrected chi connectivity index (χ0v) is 10.3. The molecule has 0 spiro atoms. The lowest BCUT2D eigenvalue weighted by atomic mass is 10.2. The van der Waals surface area contributed by atoms with E-state index in [0.717, 1.165) is 0 Å². The summed E-state index contributed by atoms with van der Waals surface area (Å²) in [5.41, 5.74) is -4.81. The smallest absolute Gasteiger partial charge is 0.325 e. The zero-order chi connectivity index (χ0) is 14.3. The van der Waals surface area contributed by atoms with Gasteiger partial charge in [-0.3, -0.25) is 4.79 Å². The predicted molar refractivity (Wildman–Crippen MR) is 60.5 cm³/mol. The topological polar surface area (TPSA) is 66.5 Å². The van der Waals surface area contributed by atoms with Crippen molar-refractivity contribution in [3.8, 4) is 0 Å². The summed E-state index contributed by atoms with van der Waals surface area (Å²) in [6, 6.07) is 6.10. The van der Waals surface area contributed by atoms with Gasteiger partial charge in [-0.1, -0.05) is 18.2 Å². The molecule has 0 unspecified atom stereocenters. The minimum absolute atomic E-state index is 0.119. The van der Waals surface area contributed by atoms with Gasteiger partial charge in [-0.05, 0) is 11.6 Å². The lowest BCUT2D eigenvalue weighted by molar-refractivity contribution is -0.116. The number of carbonyl (C=O) groups excluding carboxylic acids is 1. The molecule has 1 aromatic carbocycles. The summed E-state index contributed by atoms with van der Waals surface area (Å²) in [6.07, 6.45) is 0. The van der Waals surface area contributed by atoms with Gasteiger partial charge < -0.3 is 5.32 Å². The van der Waals surface area contributed by atoms with Crippen LogP contribution in [-0.2, 0) is 21.4 Å². The maximum Gasteiger partial charge on any atom is 0.511 e. The third-order valence-electron chi connectivity index (χ3n) is 2.59. The number of hydrogen-bond acceptors (Lipinski definition) is 3. The molecule has 0 aliphatic carbocycles. The van der Waals surface area contributed by atoms with Crippen molar-refractivity contribution < 1.29 is 26.4 Å². The summed E-state index contributed by atoms with van der Waals surface area (Å²) in [5.74, 6) is -0.808. The quantitative estimate of drug-likeness (QED) is 0.848. The van der Waals surface area contributed by atoms with E-state index in [2.05, 4.69) is 5.32 Å². The van der Waals surface area contributed by atoms with Gasteiger partial charge >= 0.3 is 15.5 Å². The van der Waals surface area contributed by atoms with Gasteiger partial charge in [-0.15, -0.1) is 0 Å². The summed E-state index contributed by atoms with van der Waals surface area (Å²) < 4.78 is 60.3. The van der Waals surface area contributed by atoms with Gasteiger partial charge in [0.15, 0.2) is 0 Å². The summed E-state index contributed by atoms with van der Waals surface area (Å²) in [4.78, 5) is 11.4. The van der Waals surface area contributed by atoms with Crippen molar-refractivity contribution >= 4 is 21.6 Å². The predicted octanol–water partition coefficient (Wildman–Crippen LogP) is 1.29. The van der Waals surface area contributed by atoms with Crippen LogP contribution in [0.1, 0.15) is 5.56 Å². The zero-order valence-electron chi connectivity index (χ0n) is 9.44. The molecule has 104 valence electrons. The molecular weight excluding hydrogens is 285 g/mol. The Morgan fingerprint density at radius 1 is 1.16 bits per heavy atom. The fraction of sp³-hybridized carbons (Fsp3) is 0.300. The van der Waals surface area contributed by atoms with E-state index in [1.807, 2.05) is 0 Å². The minimum atomic E-state index is -5.53. The number of amides is 1. The molecule has 9 heteroatoms. The van der Waals surface area contributed by atoms with E-state index in [0.29, 0.717) is 11.3 Å². The van der Waals surface area contributed by atoms with Crippen LogP contribution in [0.25, 0.3) is 0 Å². The van der Waals surface area contributed by atoms with Crippen molar-refractivity contribution in [2.75, 3.05) is 11.9 Å². The number of sulfonamides is 1. The fourth-order valence-corrected chi connectivity index (χ4v) is 2.58. The molecule has 1 aliphatic rings. The maximum absolute atomic E-state index is 12.5. The molecule has 1 aromatic rings. The Hall–Kier alpha value is -1.61. The molecular formula is C10H9F3N2O3S. The Morgan fingerprint density at radius 3 is 2.42 bits per heavy atom. The van der Waals surface area contributed by atoms with E-state index in [1.54, 1.807) is 12.1 Å². The highest BCUT2D eigenvalue weighted by molar-refractivity contribution is 7.90. The molecule has 0 atom stereocenters. The Morgan fingerprint density at radius 2 is 1.79 bits per heavy atom. The molecule has 0 fully saturated rings. The molecule has 0 bridgehead atoms. The van der Waals surface area contributed by atoms with Crippen molar-refractivity contribution in [2.45, 2.75) is 12.1 Å².